The van der Waals surface area contributed by atoms with E-state index >= 15 is 0 Å². The minimum atomic E-state index is -0.0350. The Morgan fingerprint density at radius 2 is 1.21 bits per heavy atom. The summed E-state index contributed by atoms with van der Waals surface area (Å²) in [7, 11) is 1.68. The van der Waals surface area contributed by atoms with Crippen molar-refractivity contribution in [2.45, 2.75) is 82.2 Å². The summed E-state index contributed by atoms with van der Waals surface area (Å²) in [5.74, 6) is 0.942. The molecule has 0 radical (unpaired) electrons. The minimum absolute atomic E-state index is 0.0350. The first-order valence-corrected chi connectivity index (χ1v) is 13.1. The van der Waals surface area contributed by atoms with Crippen molar-refractivity contribution in [3.63, 3.8) is 0 Å². The quantitative estimate of drug-likeness (QED) is 0.729. The molecule has 0 unspecified atom stereocenters. The summed E-state index contributed by atoms with van der Waals surface area (Å²) in [6, 6.07) is 8.81. The first kappa shape index (κ1) is 21.8. The SMILES string of the molecule is COc1ccc(C2C3=C(NC4=C2CN(C2CCCCC2)C4=O)C(=O)N(C2CCCCC2)C3)cc1. The van der Waals surface area contributed by atoms with Crippen molar-refractivity contribution in [2.24, 2.45) is 0 Å². The van der Waals surface area contributed by atoms with Crippen molar-refractivity contribution in [3.05, 3.63) is 52.4 Å². The zero-order valence-electron chi connectivity index (χ0n) is 20.1. The number of carbonyl (C=O) groups excluding carboxylic acids is 2. The van der Waals surface area contributed by atoms with Gasteiger partial charge in [-0.05, 0) is 54.5 Å². The van der Waals surface area contributed by atoms with Gasteiger partial charge < -0.3 is 19.9 Å². The number of ether oxygens (including phenoxy) is 1. The van der Waals surface area contributed by atoms with Gasteiger partial charge in [-0.3, -0.25) is 9.59 Å². The number of rotatable bonds is 4. The predicted octanol–water partition coefficient (Wildman–Crippen LogP) is 4.24. The Hall–Kier alpha value is -2.76. The maximum atomic E-state index is 13.6. The highest BCUT2D eigenvalue weighted by Crippen LogP contribution is 2.46. The molecule has 2 aliphatic carbocycles. The topological polar surface area (TPSA) is 61.9 Å². The molecule has 0 spiro atoms. The summed E-state index contributed by atoms with van der Waals surface area (Å²) in [4.78, 5) is 31.4. The van der Waals surface area contributed by atoms with Crippen LogP contribution in [-0.2, 0) is 9.59 Å². The summed E-state index contributed by atoms with van der Waals surface area (Å²) in [5.41, 5.74) is 4.72. The van der Waals surface area contributed by atoms with Gasteiger partial charge in [0.1, 0.15) is 17.1 Å². The largest absolute Gasteiger partial charge is 0.497 e. The van der Waals surface area contributed by atoms with Gasteiger partial charge in [-0.25, -0.2) is 0 Å². The third-order valence-corrected chi connectivity index (χ3v) is 8.70. The van der Waals surface area contributed by atoms with E-state index in [0.717, 1.165) is 48.1 Å². The first-order valence-electron chi connectivity index (χ1n) is 13.1. The van der Waals surface area contributed by atoms with Crippen LogP contribution in [-0.4, -0.2) is 53.9 Å². The lowest BCUT2D eigenvalue weighted by Gasteiger charge is -2.33. The van der Waals surface area contributed by atoms with Gasteiger partial charge in [0.15, 0.2) is 0 Å². The van der Waals surface area contributed by atoms with Crippen molar-refractivity contribution in [1.82, 2.24) is 15.1 Å². The molecule has 1 aromatic rings. The fourth-order valence-electron chi connectivity index (χ4n) is 6.88. The maximum absolute atomic E-state index is 13.6. The van der Waals surface area contributed by atoms with E-state index in [1.807, 2.05) is 12.1 Å². The second-order valence-electron chi connectivity index (χ2n) is 10.6. The predicted molar refractivity (Wildman–Crippen MR) is 130 cm³/mol. The Kier molecular flexibility index (Phi) is 5.62. The molecule has 1 aromatic carbocycles. The number of hydrogen-bond donors (Lipinski definition) is 1. The number of carbonyl (C=O) groups is 2. The van der Waals surface area contributed by atoms with E-state index in [1.54, 1.807) is 7.11 Å². The standard InChI is InChI=1S/C28H35N3O3/c1-34-21-14-12-18(13-15-21)24-22-16-30(19-8-4-2-5-9-19)27(32)25(22)29-26-23(24)17-31(28(26)33)20-10-6-3-7-11-20/h12-15,19-20,24,29H,2-11,16-17H2,1H3. The van der Waals surface area contributed by atoms with Gasteiger partial charge in [-0.1, -0.05) is 50.7 Å². The molecule has 180 valence electrons. The molecular weight excluding hydrogens is 426 g/mol. The number of nitrogens with one attached hydrogen (secondary N) is 1. The van der Waals surface area contributed by atoms with Crippen LogP contribution in [0.1, 0.15) is 75.7 Å². The van der Waals surface area contributed by atoms with Gasteiger partial charge in [0.25, 0.3) is 11.8 Å². The number of amides is 2. The lowest BCUT2D eigenvalue weighted by atomic mass is 9.81. The number of nitrogens with zero attached hydrogens (tertiary/aromatic N) is 2. The van der Waals surface area contributed by atoms with Crippen LogP contribution < -0.4 is 10.1 Å². The van der Waals surface area contributed by atoms with Crippen LogP contribution in [0, 0.1) is 0 Å². The van der Waals surface area contributed by atoms with Crippen LogP contribution >= 0.6 is 0 Å². The van der Waals surface area contributed by atoms with Crippen molar-refractivity contribution < 1.29 is 14.3 Å². The van der Waals surface area contributed by atoms with Gasteiger partial charge in [0.05, 0.1) is 7.11 Å². The van der Waals surface area contributed by atoms with Crippen LogP contribution in [0.25, 0.3) is 0 Å². The molecule has 2 saturated carbocycles. The second-order valence-corrected chi connectivity index (χ2v) is 10.6. The molecule has 6 nitrogen and oxygen atoms in total. The van der Waals surface area contributed by atoms with E-state index in [-0.39, 0.29) is 17.7 Å². The van der Waals surface area contributed by atoms with Gasteiger partial charge >= 0.3 is 0 Å². The maximum Gasteiger partial charge on any atom is 0.270 e. The molecule has 0 aromatic heterocycles. The summed E-state index contributed by atoms with van der Waals surface area (Å²) < 4.78 is 5.40. The lowest BCUT2D eigenvalue weighted by molar-refractivity contribution is -0.128. The average molecular weight is 462 g/mol. The van der Waals surface area contributed by atoms with E-state index in [9.17, 15) is 9.59 Å². The summed E-state index contributed by atoms with van der Waals surface area (Å²) >= 11 is 0. The van der Waals surface area contributed by atoms with E-state index in [1.165, 1.54) is 38.5 Å². The van der Waals surface area contributed by atoms with Crippen LogP contribution in [0.2, 0.25) is 0 Å². The Morgan fingerprint density at radius 3 is 1.65 bits per heavy atom. The molecule has 6 rings (SSSR count). The summed E-state index contributed by atoms with van der Waals surface area (Å²) in [6.07, 6.45) is 11.6. The number of benzene rings is 1. The van der Waals surface area contributed by atoms with Crippen LogP contribution in [0.5, 0.6) is 5.75 Å². The van der Waals surface area contributed by atoms with Crippen LogP contribution in [0.4, 0.5) is 0 Å². The molecule has 3 aliphatic heterocycles. The average Bonchev–Trinajstić information content (AvgIpc) is 3.40. The fraction of sp³-hybridized carbons (Fsp3) is 0.571. The third kappa shape index (κ3) is 3.53. The molecule has 0 atom stereocenters. The van der Waals surface area contributed by atoms with E-state index < -0.39 is 0 Å². The van der Waals surface area contributed by atoms with Crippen LogP contribution in [0.3, 0.4) is 0 Å². The van der Waals surface area contributed by atoms with Crippen LogP contribution in [0.15, 0.2) is 46.8 Å². The van der Waals surface area contributed by atoms with Crippen molar-refractivity contribution in [3.8, 4) is 5.75 Å². The highest BCUT2D eigenvalue weighted by molar-refractivity contribution is 6.04. The Labute approximate surface area is 202 Å². The molecule has 34 heavy (non-hydrogen) atoms. The highest BCUT2D eigenvalue weighted by Gasteiger charge is 2.48. The normalized spacial score (nSPS) is 24.6. The third-order valence-electron chi connectivity index (χ3n) is 8.70. The second kappa shape index (κ2) is 8.79. The Morgan fingerprint density at radius 1 is 0.735 bits per heavy atom. The fourth-order valence-corrected chi connectivity index (χ4v) is 6.88. The number of dihydropyridines is 1. The van der Waals surface area contributed by atoms with Crippen molar-refractivity contribution >= 4 is 11.8 Å². The zero-order chi connectivity index (χ0) is 23.2. The molecule has 2 amide bonds. The molecule has 2 fully saturated rings. The smallest absolute Gasteiger partial charge is 0.270 e. The molecule has 1 N–H and O–H groups in total. The summed E-state index contributed by atoms with van der Waals surface area (Å²) in [5, 5.41) is 3.39. The minimum Gasteiger partial charge on any atom is -0.497 e. The van der Waals surface area contributed by atoms with Gasteiger partial charge in [-0.15, -0.1) is 0 Å². The zero-order valence-corrected chi connectivity index (χ0v) is 20.1. The van der Waals surface area contributed by atoms with E-state index in [4.69, 9.17) is 4.74 Å². The molecule has 5 aliphatic rings. The Balaban J connectivity index is 1.35. The molecule has 0 bridgehead atoms. The van der Waals surface area contributed by atoms with Crippen molar-refractivity contribution in [1.29, 1.82) is 0 Å². The molecule has 0 saturated heterocycles. The number of hydrogen-bond acceptors (Lipinski definition) is 4. The molecule has 3 heterocycles. The Bertz CT molecular complexity index is 985. The van der Waals surface area contributed by atoms with Gasteiger partial charge in [0.2, 0.25) is 0 Å². The van der Waals surface area contributed by atoms with Gasteiger partial charge in [-0.2, -0.15) is 0 Å². The molecule has 6 heteroatoms. The number of methoxy groups -OCH3 is 1. The van der Waals surface area contributed by atoms with Crippen molar-refractivity contribution in [2.75, 3.05) is 20.2 Å². The summed E-state index contributed by atoms with van der Waals surface area (Å²) in [6.45, 7) is 1.33. The first-order chi connectivity index (χ1) is 16.7. The van der Waals surface area contributed by atoms with E-state index in [0.29, 0.717) is 36.6 Å². The van der Waals surface area contributed by atoms with E-state index in [2.05, 4.69) is 27.2 Å². The molecular formula is C28H35N3O3. The monoisotopic (exact) mass is 461 g/mol. The van der Waals surface area contributed by atoms with Gasteiger partial charge in [0, 0.05) is 31.1 Å². The lowest BCUT2D eigenvalue weighted by Crippen LogP contribution is -2.42. The highest BCUT2D eigenvalue weighted by atomic mass is 16.5.